The Bertz CT molecular complexity index is 2070. The van der Waals surface area contributed by atoms with Crippen molar-refractivity contribution in [3.8, 4) is 0 Å². The molecule has 3 aromatic carbocycles. The van der Waals surface area contributed by atoms with Crippen molar-refractivity contribution >= 4 is 11.1 Å². The Morgan fingerprint density at radius 3 is 1.69 bits per heavy atom. The summed E-state index contributed by atoms with van der Waals surface area (Å²) in [6, 6.07) is 32.4. The van der Waals surface area contributed by atoms with Crippen LogP contribution < -0.4 is 0 Å². The zero-order valence-corrected chi connectivity index (χ0v) is 28.7. The van der Waals surface area contributed by atoms with Gasteiger partial charge >= 0.3 is 0 Å². The highest BCUT2D eigenvalue weighted by Gasteiger charge is 2.64. The van der Waals surface area contributed by atoms with Gasteiger partial charge in [-0.25, -0.2) is 0 Å². The number of ether oxygens (including phenoxy) is 2. The standard InChI is InChI=1S/C49H42O2/c1-5-13-33(14-6-1)37-21-25-41-45(29-37)50-46-30-38(34-15-7-2-8-16-34)22-26-42(46)49(41)43-27-23-39(35-17-9-3-10-18-35)31-47(43)51-48-32-40(24-28-44(48)49)36-19-11-4-12-20-36/h1-3,5-11,13-22,24-32,39,41-42,44-46,48H,4,12,23H2. The first-order valence-electron chi connectivity index (χ1n) is 18.7. The van der Waals surface area contributed by atoms with Gasteiger partial charge in [-0.1, -0.05) is 152 Å². The minimum absolute atomic E-state index is 0.0956. The van der Waals surface area contributed by atoms with E-state index in [1.165, 1.54) is 44.6 Å². The molecule has 0 amide bonds. The van der Waals surface area contributed by atoms with Gasteiger partial charge in [0.15, 0.2) is 0 Å². The Hall–Kier alpha value is -5.18. The van der Waals surface area contributed by atoms with Crippen molar-refractivity contribution in [2.75, 3.05) is 0 Å². The lowest BCUT2D eigenvalue weighted by Crippen LogP contribution is -2.62. The molecule has 2 nitrogen and oxygen atoms in total. The lowest BCUT2D eigenvalue weighted by molar-refractivity contribution is -0.150. The molecule has 7 unspecified atom stereocenters. The van der Waals surface area contributed by atoms with Crippen LogP contribution in [0.15, 0.2) is 199 Å². The highest BCUT2D eigenvalue weighted by molar-refractivity contribution is 5.78. The number of benzene rings is 3. The molecule has 10 rings (SSSR count). The van der Waals surface area contributed by atoms with Gasteiger partial charge in [-0.15, -0.1) is 0 Å². The van der Waals surface area contributed by atoms with Crippen LogP contribution in [0.3, 0.4) is 0 Å². The minimum Gasteiger partial charge on any atom is -0.486 e. The van der Waals surface area contributed by atoms with Crippen LogP contribution in [0.25, 0.3) is 11.1 Å². The Morgan fingerprint density at radius 1 is 0.510 bits per heavy atom. The molecule has 2 aliphatic heterocycles. The number of allylic oxidation sites excluding steroid dienone is 13. The second-order valence-electron chi connectivity index (χ2n) is 14.9. The predicted octanol–water partition coefficient (Wildman–Crippen LogP) is 11.1. The first-order chi connectivity index (χ1) is 25.3. The van der Waals surface area contributed by atoms with E-state index in [2.05, 4.69) is 176 Å². The molecule has 2 heteroatoms. The molecular weight excluding hydrogens is 621 g/mol. The van der Waals surface area contributed by atoms with E-state index in [0.717, 1.165) is 25.0 Å². The third-order valence-electron chi connectivity index (χ3n) is 12.2. The molecule has 0 radical (unpaired) electrons. The van der Waals surface area contributed by atoms with Crippen LogP contribution in [0.5, 0.6) is 0 Å². The van der Waals surface area contributed by atoms with E-state index in [9.17, 15) is 0 Å². The van der Waals surface area contributed by atoms with E-state index in [1.54, 1.807) is 0 Å². The van der Waals surface area contributed by atoms with Gasteiger partial charge in [0.05, 0.1) is 12.2 Å². The van der Waals surface area contributed by atoms with Crippen LogP contribution >= 0.6 is 0 Å². The van der Waals surface area contributed by atoms with Gasteiger partial charge in [-0.2, -0.15) is 0 Å². The monoisotopic (exact) mass is 662 g/mol. The van der Waals surface area contributed by atoms with Crippen LogP contribution in [0, 0.1) is 23.2 Å². The third kappa shape index (κ3) is 5.11. The third-order valence-corrected chi connectivity index (χ3v) is 12.2. The summed E-state index contributed by atoms with van der Waals surface area (Å²) in [4.78, 5) is 0. The molecule has 0 saturated carbocycles. The maximum absolute atomic E-state index is 7.29. The molecule has 250 valence electrons. The number of hydrogen-bond donors (Lipinski definition) is 0. The first-order valence-corrected chi connectivity index (χ1v) is 18.7. The molecule has 0 aromatic heterocycles. The topological polar surface area (TPSA) is 18.5 Å². The Morgan fingerprint density at radius 2 is 1.08 bits per heavy atom. The highest BCUT2D eigenvalue weighted by atomic mass is 16.5. The minimum atomic E-state index is -0.288. The van der Waals surface area contributed by atoms with Gasteiger partial charge in [0.1, 0.15) is 11.9 Å². The molecule has 2 fully saturated rings. The zero-order chi connectivity index (χ0) is 33.8. The second kappa shape index (κ2) is 12.5. The van der Waals surface area contributed by atoms with Crippen LogP contribution in [-0.2, 0) is 9.47 Å². The van der Waals surface area contributed by atoms with Crippen LogP contribution in [-0.4, -0.2) is 18.3 Å². The maximum atomic E-state index is 7.29. The maximum Gasteiger partial charge on any atom is 0.125 e. The molecule has 51 heavy (non-hydrogen) atoms. The smallest absolute Gasteiger partial charge is 0.125 e. The van der Waals surface area contributed by atoms with Crippen molar-refractivity contribution in [3.63, 3.8) is 0 Å². The normalized spacial score (nSPS) is 32.8. The summed E-state index contributed by atoms with van der Waals surface area (Å²) in [5.41, 5.74) is 9.87. The van der Waals surface area contributed by atoms with Gasteiger partial charge < -0.3 is 9.47 Å². The van der Waals surface area contributed by atoms with E-state index < -0.39 is 0 Å². The van der Waals surface area contributed by atoms with Gasteiger partial charge in [-0.3, -0.25) is 0 Å². The van der Waals surface area contributed by atoms with Crippen molar-refractivity contribution in [3.05, 3.63) is 215 Å². The average molecular weight is 663 g/mol. The van der Waals surface area contributed by atoms with E-state index in [1.807, 2.05) is 0 Å². The van der Waals surface area contributed by atoms with Crippen molar-refractivity contribution in [1.29, 1.82) is 0 Å². The Labute approximate surface area is 301 Å². The molecule has 2 heterocycles. The average Bonchev–Trinajstić information content (AvgIpc) is 3.21. The molecule has 1 spiro atoms. The fourth-order valence-electron chi connectivity index (χ4n) is 9.92. The van der Waals surface area contributed by atoms with Crippen molar-refractivity contribution in [2.24, 2.45) is 23.2 Å². The summed E-state index contributed by atoms with van der Waals surface area (Å²) in [5.74, 6) is 1.69. The molecule has 0 bridgehead atoms. The summed E-state index contributed by atoms with van der Waals surface area (Å²) >= 11 is 0. The van der Waals surface area contributed by atoms with E-state index in [-0.39, 0.29) is 47.4 Å². The number of hydrogen-bond acceptors (Lipinski definition) is 2. The largest absolute Gasteiger partial charge is 0.486 e. The first kappa shape index (κ1) is 30.6. The number of rotatable bonds is 4. The zero-order valence-electron chi connectivity index (χ0n) is 28.7. The number of fused-ring (bicyclic) bond motifs is 8. The second-order valence-corrected chi connectivity index (χ2v) is 14.9. The van der Waals surface area contributed by atoms with Crippen molar-refractivity contribution in [1.82, 2.24) is 0 Å². The quantitative estimate of drug-likeness (QED) is 0.277. The lowest BCUT2D eigenvalue weighted by Gasteiger charge is -2.62. The van der Waals surface area contributed by atoms with Crippen LogP contribution in [0.2, 0.25) is 0 Å². The lowest BCUT2D eigenvalue weighted by atomic mass is 9.47. The van der Waals surface area contributed by atoms with E-state index in [4.69, 9.17) is 9.47 Å². The SMILES string of the molecule is C1=CC(C2=CC3OC4=CC(c5ccccc5)CC=C4C4(C3C=C2)C2C=CC(c3ccccc3)=CC2OC2C=C(c3ccccc3)C=CC24)=CCC1. The molecule has 0 N–H and O–H groups in total. The van der Waals surface area contributed by atoms with E-state index >= 15 is 0 Å². The van der Waals surface area contributed by atoms with Gasteiger partial charge in [-0.05, 0) is 88.1 Å². The summed E-state index contributed by atoms with van der Waals surface area (Å²) in [6.07, 6.45) is 36.6. The molecule has 5 aliphatic carbocycles. The summed E-state index contributed by atoms with van der Waals surface area (Å²) in [6.45, 7) is 0. The summed E-state index contributed by atoms with van der Waals surface area (Å²) in [5, 5.41) is 0. The Kier molecular flexibility index (Phi) is 7.54. The molecule has 7 atom stereocenters. The van der Waals surface area contributed by atoms with Crippen LogP contribution in [0.1, 0.15) is 41.9 Å². The van der Waals surface area contributed by atoms with Gasteiger partial charge in [0, 0.05) is 29.1 Å². The van der Waals surface area contributed by atoms with Gasteiger partial charge in [0.2, 0.25) is 0 Å². The predicted molar refractivity (Wildman–Crippen MR) is 207 cm³/mol. The van der Waals surface area contributed by atoms with Gasteiger partial charge in [0.25, 0.3) is 0 Å². The van der Waals surface area contributed by atoms with E-state index in [0.29, 0.717) is 0 Å². The fraction of sp³-hybridized carbons (Fsp3) is 0.224. The summed E-state index contributed by atoms with van der Waals surface area (Å²) < 4.78 is 14.5. The highest BCUT2D eigenvalue weighted by Crippen LogP contribution is 2.65. The molecular formula is C49H42O2. The van der Waals surface area contributed by atoms with Crippen LogP contribution in [0.4, 0.5) is 0 Å². The van der Waals surface area contributed by atoms with Crippen molar-refractivity contribution in [2.45, 2.75) is 43.5 Å². The molecule has 3 aromatic rings. The summed E-state index contributed by atoms with van der Waals surface area (Å²) in [7, 11) is 0. The molecule has 2 saturated heterocycles. The Balaban J connectivity index is 1.15. The van der Waals surface area contributed by atoms with Crippen molar-refractivity contribution < 1.29 is 9.47 Å². The molecule has 7 aliphatic rings. The fourth-order valence-corrected chi connectivity index (χ4v) is 9.92.